The topological polar surface area (TPSA) is 40.5 Å². The highest BCUT2D eigenvalue weighted by Crippen LogP contribution is 2.43. The van der Waals surface area contributed by atoms with Crippen LogP contribution in [0, 0.1) is 22.7 Å². The van der Waals surface area contributed by atoms with Crippen molar-refractivity contribution in [2.24, 2.45) is 22.7 Å². The van der Waals surface area contributed by atoms with Gasteiger partial charge in [0.2, 0.25) is 0 Å². The molecule has 0 spiro atoms. The third-order valence-corrected chi connectivity index (χ3v) is 5.59. The summed E-state index contributed by atoms with van der Waals surface area (Å²) in [6.45, 7) is 13.2. The molecule has 2 N–H and O–H groups in total. The van der Waals surface area contributed by atoms with Crippen LogP contribution in [0.2, 0.25) is 0 Å². The van der Waals surface area contributed by atoms with Gasteiger partial charge in [-0.1, -0.05) is 64.8 Å². The molecule has 0 unspecified atom stereocenters. The van der Waals surface area contributed by atoms with Gasteiger partial charge in [-0.2, -0.15) is 0 Å². The Kier molecular flexibility index (Phi) is 4.94. The number of hydrogen-bond donors (Lipinski definition) is 2. The third-order valence-electron chi connectivity index (χ3n) is 5.59. The fraction of sp³-hybridized carbons (Fsp3) is 0.800. The molecule has 0 aromatic rings. The largest absolute Gasteiger partial charge is 0.389 e. The summed E-state index contributed by atoms with van der Waals surface area (Å²) in [6, 6.07) is 0. The Morgan fingerprint density at radius 3 is 1.27 bits per heavy atom. The van der Waals surface area contributed by atoms with Gasteiger partial charge < -0.3 is 10.2 Å². The Balaban J connectivity index is 2.12. The standard InChI is InChI=1S/C20H34O2/c1-19(2,3)13-7-9-15(17(21)11-13)16-10-8-14(12-18(16)22)20(4,5)6/h11-12,15-18,21-22H,7-10H2,1-6H3/t15-,16-,17-,18+/m0/s1. The van der Waals surface area contributed by atoms with Gasteiger partial charge in [0.1, 0.15) is 0 Å². The first kappa shape index (κ1) is 17.7. The van der Waals surface area contributed by atoms with Crippen LogP contribution in [-0.2, 0) is 0 Å². The summed E-state index contributed by atoms with van der Waals surface area (Å²) >= 11 is 0. The van der Waals surface area contributed by atoms with Crippen LogP contribution >= 0.6 is 0 Å². The summed E-state index contributed by atoms with van der Waals surface area (Å²) in [5.41, 5.74) is 2.98. The highest BCUT2D eigenvalue weighted by atomic mass is 16.3. The van der Waals surface area contributed by atoms with Gasteiger partial charge >= 0.3 is 0 Å². The molecule has 2 rings (SSSR count). The molecule has 0 radical (unpaired) electrons. The Labute approximate surface area is 136 Å². The van der Waals surface area contributed by atoms with Crippen molar-refractivity contribution in [1.29, 1.82) is 0 Å². The van der Waals surface area contributed by atoms with Crippen molar-refractivity contribution < 1.29 is 10.2 Å². The number of aliphatic hydroxyl groups is 2. The summed E-state index contributed by atoms with van der Waals surface area (Å²) in [6.07, 6.45) is 7.37. The summed E-state index contributed by atoms with van der Waals surface area (Å²) < 4.78 is 0. The smallest absolute Gasteiger partial charge is 0.0755 e. The van der Waals surface area contributed by atoms with E-state index in [1.807, 2.05) is 0 Å². The molecule has 0 heterocycles. The van der Waals surface area contributed by atoms with Crippen molar-refractivity contribution in [1.82, 2.24) is 0 Å². The molecule has 0 saturated carbocycles. The molecule has 2 nitrogen and oxygen atoms in total. The molecule has 2 aliphatic rings. The molecule has 22 heavy (non-hydrogen) atoms. The second-order valence-electron chi connectivity index (χ2n) is 9.27. The van der Waals surface area contributed by atoms with E-state index in [1.54, 1.807) is 0 Å². The van der Waals surface area contributed by atoms with E-state index in [4.69, 9.17) is 0 Å². The normalized spacial score (nSPS) is 34.2. The predicted molar refractivity (Wildman–Crippen MR) is 92.5 cm³/mol. The van der Waals surface area contributed by atoms with Crippen LogP contribution in [0.25, 0.3) is 0 Å². The van der Waals surface area contributed by atoms with Crippen molar-refractivity contribution in [3.05, 3.63) is 23.3 Å². The van der Waals surface area contributed by atoms with E-state index < -0.39 is 12.2 Å². The first-order valence-corrected chi connectivity index (χ1v) is 8.78. The molecule has 0 amide bonds. The minimum atomic E-state index is -0.410. The molecule has 0 aliphatic heterocycles. The minimum Gasteiger partial charge on any atom is -0.389 e. The van der Waals surface area contributed by atoms with Crippen LogP contribution in [0.4, 0.5) is 0 Å². The average molecular weight is 306 g/mol. The van der Waals surface area contributed by atoms with Crippen LogP contribution in [0.3, 0.4) is 0 Å². The second-order valence-corrected chi connectivity index (χ2v) is 9.27. The summed E-state index contributed by atoms with van der Waals surface area (Å²) in [5, 5.41) is 21.2. The number of allylic oxidation sites excluding steroid dienone is 2. The maximum absolute atomic E-state index is 10.6. The van der Waals surface area contributed by atoms with E-state index in [1.165, 1.54) is 11.1 Å². The minimum absolute atomic E-state index is 0.135. The van der Waals surface area contributed by atoms with E-state index in [9.17, 15) is 10.2 Å². The molecule has 0 aromatic carbocycles. The zero-order valence-corrected chi connectivity index (χ0v) is 15.2. The van der Waals surface area contributed by atoms with E-state index in [0.29, 0.717) is 0 Å². The highest BCUT2D eigenvalue weighted by Gasteiger charge is 2.38. The van der Waals surface area contributed by atoms with Gasteiger partial charge in [-0.05, 0) is 48.3 Å². The molecular weight excluding hydrogens is 272 g/mol. The molecule has 126 valence electrons. The van der Waals surface area contributed by atoms with Crippen LogP contribution < -0.4 is 0 Å². The number of hydrogen-bond acceptors (Lipinski definition) is 2. The van der Waals surface area contributed by atoms with Crippen molar-refractivity contribution >= 4 is 0 Å². The fourth-order valence-corrected chi connectivity index (χ4v) is 4.00. The average Bonchev–Trinajstić information content (AvgIpc) is 2.37. The van der Waals surface area contributed by atoms with Crippen molar-refractivity contribution in [2.45, 2.75) is 79.4 Å². The second kappa shape index (κ2) is 6.13. The van der Waals surface area contributed by atoms with Gasteiger partial charge in [-0.3, -0.25) is 0 Å². The summed E-state index contributed by atoms with van der Waals surface area (Å²) in [4.78, 5) is 0. The van der Waals surface area contributed by atoms with Gasteiger partial charge in [-0.15, -0.1) is 0 Å². The van der Waals surface area contributed by atoms with Crippen molar-refractivity contribution in [3.63, 3.8) is 0 Å². The summed E-state index contributed by atoms with van der Waals surface area (Å²) in [5.74, 6) is 0.387. The number of rotatable bonds is 1. The number of aliphatic hydroxyl groups excluding tert-OH is 2. The monoisotopic (exact) mass is 306 g/mol. The summed E-state index contributed by atoms with van der Waals surface area (Å²) in [7, 11) is 0. The van der Waals surface area contributed by atoms with Gasteiger partial charge in [0, 0.05) is 0 Å². The van der Waals surface area contributed by atoms with E-state index in [0.717, 1.165) is 25.7 Å². The van der Waals surface area contributed by atoms with Crippen molar-refractivity contribution in [3.8, 4) is 0 Å². The first-order chi connectivity index (χ1) is 10.00. The lowest BCUT2D eigenvalue weighted by molar-refractivity contribution is 0.0263. The molecule has 2 aliphatic carbocycles. The Bertz CT molecular complexity index is 415. The van der Waals surface area contributed by atoms with Crippen molar-refractivity contribution in [2.75, 3.05) is 0 Å². The van der Waals surface area contributed by atoms with E-state index >= 15 is 0 Å². The van der Waals surface area contributed by atoms with Gasteiger partial charge in [0.25, 0.3) is 0 Å². The molecule has 0 saturated heterocycles. The highest BCUT2D eigenvalue weighted by molar-refractivity contribution is 5.21. The van der Waals surface area contributed by atoms with Gasteiger partial charge in [0.15, 0.2) is 0 Å². The van der Waals surface area contributed by atoms with Gasteiger partial charge in [0.05, 0.1) is 12.2 Å². The zero-order chi connectivity index (χ0) is 16.7. The fourth-order valence-electron chi connectivity index (χ4n) is 4.00. The van der Waals surface area contributed by atoms with Crippen LogP contribution in [0.15, 0.2) is 23.3 Å². The lowest BCUT2D eigenvalue weighted by Crippen LogP contribution is -2.39. The van der Waals surface area contributed by atoms with E-state index in [2.05, 4.69) is 53.7 Å². The first-order valence-electron chi connectivity index (χ1n) is 8.78. The Morgan fingerprint density at radius 2 is 1.05 bits per heavy atom. The maximum Gasteiger partial charge on any atom is 0.0755 e. The molecule has 0 bridgehead atoms. The predicted octanol–water partition coefficient (Wildman–Crippen LogP) is 4.47. The Hall–Kier alpha value is -0.600. The molecule has 0 fully saturated rings. The zero-order valence-electron chi connectivity index (χ0n) is 15.2. The van der Waals surface area contributed by atoms with Crippen LogP contribution in [0.1, 0.15) is 67.2 Å². The third kappa shape index (κ3) is 3.83. The molecule has 0 aromatic heterocycles. The molecule has 2 heteroatoms. The lowest BCUT2D eigenvalue weighted by Gasteiger charge is -2.41. The van der Waals surface area contributed by atoms with Crippen LogP contribution in [0.5, 0.6) is 0 Å². The lowest BCUT2D eigenvalue weighted by atomic mass is 9.67. The maximum atomic E-state index is 10.6. The van der Waals surface area contributed by atoms with Crippen LogP contribution in [-0.4, -0.2) is 22.4 Å². The van der Waals surface area contributed by atoms with Gasteiger partial charge in [-0.25, -0.2) is 0 Å². The molecule has 4 atom stereocenters. The van der Waals surface area contributed by atoms with E-state index in [-0.39, 0.29) is 22.7 Å². The Morgan fingerprint density at radius 1 is 0.727 bits per heavy atom. The quantitative estimate of drug-likeness (QED) is 0.702. The SMILES string of the molecule is CC(C)(C)C1=C[C@@H](O)[C@H]([C@@H]2CCC(C(C)(C)C)=C[C@@H]2O)CC1. The molecular formula is C20H34O2.